The monoisotopic (exact) mass is 335 g/mol. The van der Waals surface area contributed by atoms with Gasteiger partial charge in [0.2, 0.25) is 15.9 Å². The largest absolute Gasteiger partial charge is 0.324 e. The number of hydrogen-bond acceptors (Lipinski definition) is 4. The van der Waals surface area contributed by atoms with Crippen molar-refractivity contribution >= 4 is 34.0 Å². The highest BCUT2D eigenvalue weighted by atomic mass is 35.5. The van der Waals surface area contributed by atoms with Gasteiger partial charge in [0.15, 0.2) is 0 Å². The van der Waals surface area contributed by atoms with Crippen molar-refractivity contribution in [3.8, 4) is 0 Å². The average Bonchev–Trinajstić information content (AvgIpc) is 2.39. The summed E-state index contributed by atoms with van der Waals surface area (Å²) in [5.74, 6) is -0.332. The van der Waals surface area contributed by atoms with E-state index in [1.165, 1.54) is 13.1 Å². The van der Waals surface area contributed by atoms with Gasteiger partial charge in [-0.25, -0.2) is 13.1 Å². The Kier molecular flexibility index (Phi) is 7.32. The molecule has 6 nitrogen and oxygen atoms in total. The lowest BCUT2D eigenvalue weighted by molar-refractivity contribution is -0.118. The molecular weight excluding hydrogens is 314 g/mol. The minimum Gasteiger partial charge on any atom is -0.324 e. The zero-order chi connectivity index (χ0) is 15.5. The molecule has 1 amide bonds. The van der Waals surface area contributed by atoms with Crippen LogP contribution in [0.2, 0.25) is 0 Å². The van der Waals surface area contributed by atoms with Crippen molar-refractivity contribution in [2.24, 2.45) is 11.7 Å². The topological polar surface area (TPSA) is 101 Å². The number of sulfonamides is 1. The van der Waals surface area contributed by atoms with Crippen molar-refractivity contribution in [3.05, 3.63) is 23.8 Å². The highest BCUT2D eigenvalue weighted by Crippen LogP contribution is 2.23. The van der Waals surface area contributed by atoms with Crippen molar-refractivity contribution in [1.29, 1.82) is 0 Å². The Hall–Kier alpha value is -1.15. The van der Waals surface area contributed by atoms with E-state index in [0.717, 1.165) is 0 Å². The zero-order valence-electron chi connectivity index (χ0n) is 12.5. The van der Waals surface area contributed by atoms with Crippen molar-refractivity contribution in [3.63, 3.8) is 0 Å². The van der Waals surface area contributed by atoms with E-state index in [1.54, 1.807) is 19.1 Å². The summed E-state index contributed by atoms with van der Waals surface area (Å²) in [7, 11) is -2.21. The SMILES string of the molecule is CNS(=O)(=O)c1cccc(NC(=O)[C@@H](N)C(C)C)c1C.Cl. The second-order valence-electron chi connectivity index (χ2n) is 4.90. The van der Waals surface area contributed by atoms with Crippen LogP contribution in [-0.2, 0) is 14.8 Å². The van der Waals surface area contributed by atoms with Gasteiger partial charge in [0.05, 0.1) is 10.9 Å². The van der Waals surface area contributed by atoms with Crippen LogP contribution in [0.3, 0.4) is 0 Å². The summed E-state index contributed by atoms with van der Waals surface area (Å²) in [5.41, 5.74) is 6.69. The third-order valence-electron chi connectivity index (χ3n) is 3.12. The molecule has 0 aromatic heterocycles. The van der Waals surface area contributed by atoms with E-state index >= 15 is 0 Å². The van der Waals surface area contributed by atoms with Gasteiger partial charge >= 0.3 is 0 Å². The molecule has 0 aliphatic heterocycles. The molecule has 0 aliphatic carbocycles. The zero-order valence-corrected chi connectivity index (χ0v) is 14.1. The van der Waals surface area contributed by atoms with Gasteiger partial charge in [-0.1, -0.05) is 19.9 Å². The van der Waals surface area contributed by atoms with E-state index in [9.17, 15) is 13.2 Å². The minimum atomic E-state index is -3.56. The average molecular weight is 336 g/mol. The highest BCUT2D eigenvalue weighted by Gasteiger charge is 2.20. The van der Waals surface area contributed by atoms with Crippen LogP contribution in [-0.4, -0.2) is 27.4 Å². The van der Waals surface area contributed by atoms with Gasteiger partial charge in [0.1, 0.15) is 0 Å². The van der Waals surface area contributed by atoms with Gasteiger partial charge in [0, 0.05) is 5.69 Å². The number of carbonyl (C=O) groups is 1. The molecule has 4 N–H and O–H groups in total. The Bertz CT molecular complexity index is 603. The van der Waals surface area contributed by atoms with Crippen LogP contribution < -0.4 is 15.8 Å². The molecule has 1 rings (SSSR count). The summed E-state index contributed by atoms with van der Waals surface area (Å²) in [6.45, 7) is 5.33. The smallest absolute Gasteiger partial charge is 0.241 e. The lowest BCUT2D eigenvalue weighted by atomic mass is 10.0. The quantitative estimate of drug-likeness (QED) is 0.753. The van der Waals surface area contributed by atoms with Crippen molar-refractivity contribution in [2.75, 3.05) is 12.4 Å². The standard InChI is InChI=1S/C13H21N3O3S.ClH/c1-8(2)12(14)13(17)16-10-6-5-7-11(9(10)3)20(18,19)15-4;/h5-8,12,15H,14H2,1-4H3,(H,16,17);1H/t12-;/m0./s1. The summed E-state index contributed by atoms with van der Waals surface area (Å²) in [4.78, 5) is 12.1. The maximum absolute atomic E-state index is 11.9. The summed E-state index contributed by atoms with van der Waals surface area (Å²) in [6, 6.07) is 4.07. The Morgan fingerprint density at radius 1 is 1.29 bits per heavy atom. The number of nitrogens with one attached hydrogen (secondary N) is 2. The molecule has 0 aliphatic rings. The Morgan fingerprint density at radius 2 is 1.86 bits per heavy atom. The second-order valence-corrected chi connectivity index (χ2v) is 6.75. The Balaban J connectivity index is 0.00000400. The van der Waals surface area contributed by atoms with E-state index in [2.05, 4.69) is 10.0 Å². The number of anilines is 1. The maximum Gasteiger partial charge on any atom is 0.241 e. The van der Waals surface area contributed by atoms with Crippen LogP contribution in [0.25, 0.3) is 0 Å². The molecule has 0 bridgehead atoms. The number of rotatable bonds is 5. The lowest BCUT2D eigenvalue weighted by Gasteiger charge is -2.17. The molecule has 8 heteroatoms. The van der Waals surface area contributed by atoms with Gasteiger partial charge in [0.25, 0.3) is 0 Å². The Labute approximate surface area is 132 Å². The number of carbonyl (C=O) groups excluding carboxylic acids is 1. The van der Waals surface area contributed by atoms with Gasteiger partial charge in [-0.2, -0.15) is 0 Å². The molecule has 120 valence electrons. The van der Waals surface area contributed by atoms with Crippen LogP contribution in [0.4, 0.5) is 5.69 Å². The van der Waals surface area contributed by atoms with Crippen LogP contribution in [0.1, 0.15) is 19.4 Å². The third-order valence-corrected chi connectivity index (χ3v) is 4.68. The number of halogens is 1. The molecule has 0 saturated heterocycles. The van der Waals surface area contributed by atoms with Crippen molar-refractivity contribution < 1.29 is 13.2 Å². The van der Waals surface area contributed by atoms with E-state index in [-0.39, 0.29) is 29.1 Å². The first-order valence-electron chi connectivity index (χ1n) is 6.30. The maximum atomic E-state index is 11.9. The van der Waals surface area contributed by atoms with E-state index in [1.807, 2.05) is 13.8 Å². The molecule has 1 aromatic carbocycles. The predicted molar refractivity (Wildman–Crippen MR) is 86.1 cm³/mol. The normalized spacial score (nSPS) is 12.7. The number of benzene rings is 1. The molecular formula is C13H22ClN3O3S. The molecule has 0 saturated carbocycles. The first kappa shape index (κ1) is 19.9. The molecule has 0 heterocycles. The Morgan fingerprint density at radius 3 is 2.33 bits per heavy atom. The first-order valence-corrected chi connectivity index (χ1v) is 7.78. The van der Waals surface area contributed by atoms with Crippen LogP contribution >= 0.6 is 12.4 Å². The number of hydrogen-bond donors (Lipinski definition) is 3. The highest BCUT2D eigenvalue weighted by molar-refractivity contribution is 7.89. The number of nitrogens with two attached hydrogens (primary N) is 1. The molecule has 0 fully saturated rings. The predicted octanol–water partition coefficient (Wildman–Crippen LogP) is 1.25. The number of amides is 1. The van der Waals surface area contributed by atoms with Crippen LogP contribution in [0.5, 0.6) is 0 Å². The fraction of sp³-hybridized carbons (Fsp3) is 0.462. The summed E-state index contributed by atoms with van der Waals surface area (Å²) >= 11 is 0. The van der Waals surface area contributed by atoms with Gasteiger partial charge in [-0.3, -0.25) is 4.79 Å². The van der Waals surface area contributed by atoms with E-state index in [4.69, 9.17) is 5.73 Å². The van der Waals surface area contributed by atoms with E-state index in [0.29, 0.717) is 11.3 Å². The van der Waals surface area contributed by atoms with E-state index < -0.39 is 16.1 Å². The minimum absolute atomic E-state index is 0. The molecule has 0 unspecified atom stereocenters. The van der Waals surface area contributed by atoms with Crippen LogP contribution in [0, 0.1) is 12.8 Å². The van der Waals surface area contributed by atoms with Crippen LogP contribution in [0.15, 0.2) is 23.1 Å². The molecule has 1 atom stereocenters. The summed E-state index contributed by atoms with van der Waals surface area (Å²) in [5, 5.41) is 2.67. The fourth-order valence-corrected chi connectivity index (χ4v) is 2.66. The second kappa shape index (κ2) is 7.74. The third kappa shape index (κ3) is 4.67. The van der Waals surface area contributed by atoms with Crippen molar-refractivity contribution in [2.45, 2.75) is 31.7 Å². The molecule has 0 radical (unpaired) electrons. The summed E-state index contributed by atoms with van der Waals surface area (Å²) < 4.78 is 26.0. The van der Waals surface area contributed by atoms with Crippen molar-refractivity contribution in [1.82, 2.24) is 4.72 Å². The lowest BCUT2D eigenvalue weighted by Crippen LogP contribution is -2.40. The first-order chi connectivity index (χ1) is 9.20. The van der Waals surface area contributed by atoms with Gasteiger partial charge in [-0.05, 0) is 37.6 Å². The van der Waals surface area contributed by atoms with Gasteiger partial charge < -0.3 is 11.1 Å². The molecule has 0 spiro atoms. The fourth-order valence-electron chi connectivity index (χ4n) is 1.67. The molecule has 21 heavy (non-hydrogen) atoms. The summed E-state index contributed by atoms with van der Waals surface area (Å²) in [6.07, 6.45) is 0. The van der Waals surface area contributed by atoms with Gasteiger partial charge in [-0.15, -0.1) is 12.4 Å². The molecule has 1 aromatic rings.